The van der Waals surface area contributed by atoms with Crippen molar-refractivity contribution >= 4 is 11.8 Å². The third-order valence-corrected chi connectivity index (χ3v) is 9.60. The number of nitrogens with one attached hydrogen (secondary N) is 3. The molecule has 5 fully saturated rings. The van der Waals surface area contributed by atoms with Gasteiger partial charge < -0.3 is 20.7 Å². The Bertz CT molecular complexity index is 1120. The first-order valence-corrected chi connectivity index (χ1v) is 14.3. The van der Waals surface area contributed by atoms with Gasteiger partial charge in [0.2, 0.25) is 5.95 Å². The lowest BCUT2D eigenvalue weighted by Crippen LogP contribution is -2.61. The average molecular weight is 501 g/mol. The molecule has 37 heavy (non-hydrogen) atoms. The van der Waals surface area contributed by atoms with Gasteiger partial charge >= 0.3 is 0 Å². The van der Waals surface area contributed by atoms with E-state index in [1.165, 1.54) is 64.2 Å². The molecule has 2 aromatic rings. The Labute approximate surface area is 220 Å². The van der Waals surface area contributed by atoms with Crippen LogP contribution >= 0.6 is 0 Å². The van der Waals surface area contributed by atoms with Gasteiger partial charge in [-0.25, -0.2) is 4.98 Å². The molecule has 1 heterocycles. The summed E-state index contributed by atoms with van der Waals surface area (Å²) in [6.45, 7) is 1.45. The van der Waals surface area contributed by atoms with Crippen LogP contribution in [0, 0.1) is 34.5 Å². The number of anilines is 2. The minimum atomic E-state index is 0.323. The Morgan fingerprint density at radius 1 is 1.05 bits per heavy atom. The second-order valence-electron chi connectivity index (χ2n) is 12.1. The molecule has 1 unspecified atom stereocenters. The molecule has 0 amide bonds. The van der Waals surface area contributed by atoms with E-state index in [-0.39, 0.29) is 0 Å². The van der Waals surface area contributed by atoms with Gasteiger partial charge in [-0.3, -0.25) is 0 Å². The lowest BCUT2D eigenvalue weighted by atomic mass is 9.47. The Balaban J connectivity index is 1.11. The number of hydrogen-bond acceptors (Lipinski definition) is 7. The maximum atomic E-state index is 9.72. The van der Waals surface area contributed by atoms with E-state index in [4.69, 9.17) is 9.72 Å². The Hall–Kier alpha value is -2.85. The van der Waals surface area contributed by atoms with Gasteiger partial charge in [0.1, 0.15) is 23.2 Å². The molecule has 0 aliphatic heterocycles. The van der Waals surface area contributed by atoms with E-state index in [2.05, 4.69) is 27.0 Å². The van der Waals surface area contributed by atoms with Crippen LogP contribution in [0.2, 0.25) is 0 Å². The van der Waals surface area contributed by atoms with Crippen LogP contribution in [0.4, 0.5) is 11.8 Å². The van der Waals surface area contributed by atoms with Gasteiger partial charge in [0.25, 0.3) is 0 Å². The van der Waals surface area contributed by atoms with E-state index in [1.807, 2.05) is 24.3 Å². The highest BCUT2D eigenvalue weighted by Gasteiger charge is 2.55. The summed E-state index contributed by atoms with van der Waals surface area (Å²) in [6.07, 6.45) is 15.3. The summed E-state index contributed by atoms with van der Waals surface area (Å²) >= 11 is 0. The van der Waals surface area contributed by atoms with Crippen molar-refractivity contribution in [1.82, 2.24) is 15.3 Å². The minimum Gasteiger partial charge on any atom is -0.496 e. The quantitative estimate of drug-likeness (QED) is 0.419. The van der Waals surface area contributed by atoms with Gasteiger partial charge in [-0.15, -0.1) is 0 Å². The van der Waals surface area contributed by atoms with Crippen molar-refractivity contribution in [2.75, 3.05) is 24.3 Å². The number of nitrogens with zero attached hydrogens (tertiary/aromatic N) is 3. The molecule has 7 heteroatoms. The lowest BCUT2D eigenvalue weighted by Gasteiger charge is -2.61. The van der Waals surface area contributed by atoms with Crippen LogP contribution in [-0.4, -0.2) is 35.7 Å². The minimum absolute atomic E-state index is 0.323. The van der Waals surface area contributed by atoms with Gasteiger partial charge in [-0.05, 0) is 74.2 Å². The van der Waals surface area contributed by atoms with Crippen LogP contribution in [-0.2, 0) is 6.54 Å². The monoisotopic (exact) mass is 500 g/mol. The fourth-order valence-corrected chi connectivity index (χ4v) is 8.20. The van der Waals surface area contributed by atoms with Crippen LogP contribution < -0.4 is 20.7 Å². The third-order valence-electron chi connectivity index (χ3n) is 9.60. The topological polar surface area (TPSA) is 94.9 Å². The predicted molar refractivity (Wildman–Crippen MR) is 145 cm³/mol. The van der Waals surface area contributed by atoms with Crippen molar-refractivity contribution in [2.24, 2.45) is 23.2 Å². The zero-order valence-electron chi connectivity index (χ0n) is 22.0. The first-order chi connectivity index (χ1) is 18.1. The molecule has 0 spiro atoms. The van der Waals surface area contributed by atoms with E-state index in [0.29, 0.717) is 35.3 Å². The molecule has 0 saturated heterocycles. The average Bonchev–Trinajstić information content (AvgIpc) is 2.93. The maximum Gasteiger partial charge on any atom is 0.224 e. The van der Waals surface area contributed by atoms with E-state index < -0.39 is 0 Å². The standard InChI is InChI=1S/C30H40N6O/c1-37-26-10-6-5-7-21(26)17-32-29-33-18-24(16-31)28(36-29)34-19-30-13-20-11-22(14-30)27(23(12-20)15-30)35-25-8-3-2-4-9-25/h5-7,10,18,20,22-23,25,27,35H,2-4,8-9,11-15,17,19H2,1H3,(H2,32,33,34,36)/t20?,22-,23+,27-,30+. The molecular weight excluding hydrogens is 460 g/mol. The molecule has 7 rings (SSSR count). The zero-order chi connectivity index (χ0) is 25.2. The number of ether oxygens (including phenoxy) is 1. The van der Waals surface area contributed by atoms with Crippen molar-refractivity contribution in [1.29, 1.82) is 5.26 Å². The fraction of sp³-hybridized carbons (Fsp3) is 0.633. The van der Waals surface area contributed by atoms with Crippen molar-refractivity contribution in [2.45, 2.75) is 82.8 Å². The van der Waals surface area contributed by atoms with Crippen molar-refractivity contribution in [3.63, 3.8) is 0 Å². The number of aromatic nitrogens is 2. The van der Waals surface area contributed by atoms with Gasteiger partial charge in [-0.1, -0.05) is 37.5 Å². The van der Waals surface area contributed by atoms with Crippen LogP contribution in [0.5, 0.6) is 5.75 Å². The first-order valence-electron chi connectivity index (χ1n) is 14.3. The van der Waals surface area contributed by atoms with Gasteiger partial charge in [-0.2, -0.15) is 10.2 Å². The molecule has 5 saturated carbocycles. The summed E-state index contributed by atoms with van der Waals surface area (Å²) in [4.78, 5) is 9.10. The highest BCUT2D eigenvalue weighted by Crippen LogP contribution is 2.60. The Kier molecular flexibility index (Phi) is 6.94. The summed E-state index contributed by atoms with van der Waals surface area (Å²) in [5, 5.41) is 20.8. The molecule has 7 nitrogen and oxygen atoms in total. The molecule has 1 aromatic carbocycles. The largest absolute Gasteiger partial charge is 0.496 e. The summed E-state index contributed by atoms with van der Waals surface area (Å²) in [6, 6.07) is 11.7. The third kappa shape index (κ3) is 5.13. The molecule has 5 aliphatic rings. The maximum absolute atomic E-state index is 9.72. The second kappa shape index (κ2) is 10.5. The molecule has 196 valence electrons. The van der Waals surface area contributed by atoms with Crippen LogP contribution in [0.25, 0.3) is 0 Å². The van der Waals surface area contributed by atoms with Gasteiger partial charge in [0, 0.05) is 30.7 Å². The second-order valence-corrected chi connectivity index (χ2v) is 12.1. The van der Waals surface area contributed by atoms with Crippen LogP contribution in [0.15, 0.2) is 30.5 Å². The van der Waals surface area contributed by atoms with Crippen LogP contribution in [0.3, 0.4) is 0 Å². The molecule has 5 aliphatic carbocycles. The highest BCUT2D eigenvalue weighted by molar-refractivity contribution is 5.53. The van der Waals surface area contributed by atoms with Crippen molar-refractivity contribution in [3.05, 3.63) is 41.6 Å². The number of para-hydroxylation sites is 1. The summed E-state index contributed by atoms with van der Waals surface area (Å²) in [7, 11) is 1.68. The molecule has 4 bridgehead atoms. The van der Waals surface area contributed by atoms with Crippen molar-refractivity contribution in [3.8, 4) is 11.8 Å². The molecule has 1 aromatic heterocycles. The van der Waals surface area contributed by atoms with Crippen LogP contribution in [0.1, 0.15) is 75.3 Å². The molecule has 3 N–H and O–H groups in total. The normalized spacial score (nSPS) is 30.6. The SMILES string of the molecule is COc1ccccc1CNc1ncc(C#N)c(NC[C@@]23CC4C[C@H](C2)[C@@H](NC2CCCCC2)[C@@H](C4)C3)n1. The summed E-state index contributed by atoms with van der Waals surface area (Å²) in [5.41, 5.74) is 1.87. The van der Waals surface area contributed by atoms with Gasteiger partial charge in [0.05, 0.1) is 13.3 Å². The van der Waals surface area contributed by atoms with E-state index in [9.17, 15) is 5.26 Å². The molecular formula is C30H40N6O. The number of nitriles is 1. The lowest BCUT2D eigenvalue weighted by molar-refractivity contribution is -0.0728. The van der Waals surface area contributed by atoms with E-state index >= 15 is 0 Å². The number of hydrogen-bond donors (Lipinski definition) is 3. The highest BCUT2D eigenvalue weighted by atomic mass is 16.5. The number of rotatable bonds is 9. The summed E-state index contributed by atoms with van der Waals surface area (Å²) in [5.74, 6) is 4.47. The number of methoxy groups -OCH3 is 1. The van der Waals surface area contributed by atoms with E-state index in [0.717, 1.165) is 41.7 Å². The van der Waals surface area contributed by atoms with Gasteiger partial charge in [0.15, 0.2) is 0 Å². The van der Waals surface area contributed by atoms with Crippen molar-refractivity contribution < 1.29 is 4.74 Å². The number of benzene rings is 1. The smallest absolute Gasteiger partial charge is 0.224 e. The molecule has 0 radical (unpaired) electrons. The summed E-state index contributed by atoms with van der Waals surface area (Å²) < 4.78 is 5.46. The fourth-order valence-electron chi connectivity index (χ4n) is 8.20. The predicted octanol–water partition coefficient (Wildman–Crippen LogP) is 5.50. The zero-order valence-corrected chi connectivity index (χ0v) is 22.0. The Morgan fingerprint density at radius 3 is 2.59 bits per heavy atom. The molecule has 5 atom stereocenters. The first kappa shape index (κ1) is 24.5. The van der Waals surface area contributed by atoms with E-state index in [1.54, 1.807) is 13.3 Å². The Morgan fingerprint density at radius 2 is 1.84 bits per heavy atom.